The van der Waals surface area contributed by atoms with E-state index >= 15 is 0 Å². The number of ether oxygens (including phenoxy) is 2. The van der Waals surface area contributed by atoms with Crippen molar-refractivity contribution in [1.82, 2.24) is 0 Å². The molecule has 0 aromatic heterocycles. The standard InChI is InChI=1S/C27H25FN2O3/c1-32-24-12-11-16(15-25(24)33-2)17-13-22-26(23(31)14-17)27(18-7-3-4-8-19(18)28)30-21-10-6-5-9-20(21)29-22/h3-12,15,17,27,29-30H,13-14H2,1-2H3/t17-,27-/m1/s1. The maximum Gasteiger partial charge on any atom is 0.163 e. The predicted octanol–water partition coefficient (Wildman–Crippen LogP) is 5.82. The van der Waals surface area contributed by atoms with Crippen LogP contribution in [-0.2, 0) is 4.79 Å². The lowest BCUT2D eigenvalue weighted by atomic mass is 9.78. The molecule has 2 atom stereocenters. The lowest BCUT2D eigenvalue weighted by Crippen LogP contribution is -2.27. The van der Waals surface area contributed by atoms with Crippen LogP contribution in [0.25, 0.3) is 0 Å². The van der Waals surface area contributed by atoms with Crippen molar-refractivity contribution >= 4 is 17.2 Å². The van der Waals surface area contributed by atoms with Crippen LogP contribution in [0.3, 0.4) is 0 Å². The topological polar surface area (TPSA) is 59.6 Å². The van der Waals surface area contributed by atoms with Gasteiger partial charge < -0.3 is 20.1 Å². The molecule has 0 fully saturated rings. The highest BCUT2D eigenvalue weighted by Crippen LogP contribution is 2.45. The van der Waals surface area contributed by atoms with Gasteiger partial charge in [-0.1, -0.05) is 36.4 Å². The molecule has 168 valence electrons. The highest BCUT2D eigenvalue weighted by Gasteiger charge is 2.37. The molecule has 0 bridgehead atoms. The number of para-hydroxylation sites is 2. The zero-order valence-corrected chi connectivity index (χ0v) is 18.5. The van der Waals surface area contributed by atoms with E-state index in [0.29, 0.717) is 35.5 Å². The molecule has 0 amide bonds. The van der Waals surface area contributed by atoms with E-state index in [1.54, 1.807) is 32.4 Å². The second-order valence-corrected chi connectivity index (χ2v) is 8.30. The van der Waals surface area contributed by atoms with Crippen molar-refractivity contribution in [3.63, 3.8) is 0 Å². The van der Waals surface area contributed by atoms with Gasteiger partial charge in [0.15, 0.2) is 17.3 Å². The summed E-state index contributed by atoms with van der Waals surface area (Å²) in [6.45, 7) is 0. The second kappa shape index (κ2) is 8.62. The molecule has 1 heterocycles. The van der Waals surface area contributed by atoms with Gasteiger partial charge >= 0.3 is 0 Å². The number of rotatable bonds is 4. The molecular formula is C27H25FN2O3. The number of ketones is 1. The Kier molecular flexibility index (Phi) is 5.50. The normalized spacial score (nSPS) is 19.5. The first-order valence-corrected chi connectivity index (χ1v) is 10.9. The first-order valence-electron chi connectivity index (χ1n) is 10.9. The molecule has 0 spiro atoms. The Balaban J connectivity index is 1.59. The summed E-state index contributed by atoms with van der Waals surface area (Å²) >= 11 is 0. The number of nitrogens with one attached hydrogen (secondary N) is 2. The van der Waals surface area contributed by atoms with Crippen LogP contribution in [0, 0.1) is 5.82 Å². The van der Waals surface area contributed by atoms with Crippen LogP contribution >= 0.6 is 0 Å². The van der Waals surface area contributed by atoms with E-state index in [1.165, 1.54) is 6.07 Å². The molecule has 5 rings (SSSR count). The zero-order chi connectivity index (χ0) is 22.9. The molecule has 2 N–H and O–H groups in total. The molecule has 0 saturated heterocycles. The summed E-state index contributed by atoms with van der Waals surface area (Å²) in [7, 11) is 3.20. The molecule has 5 nitrogen and oxygen atoms in total. The Bertz CT molecular complexity index is 1250. The summed E-state index contributed by atoms with van der Waals surface area (Å²) in [6.07, 6.45) is 0.955. The smallest absolute Gasteiger partial charge is 0.163 e. The molecule has 6 heteroatoms. The summed E-state index contributed by atoms with van der Waals surface area (Å²) in [4.78, 5) is 13.6. The van der Waals surface area contributed by atoms with Crippen molar-refractivity contribution in [1.29, 1.82) is 0 Å². The first kappa shape index (κ1) is 21.1. The van der Waals surface area contributed by atoms with Gasteiger partial charge in [-0.25, -0.2) is 4.39 Å². The SMILES string of the molecule is COc1ccc([C@H]2CC(=O)C3=C(C2)Nc2ccccc2N[C@@H]3c2ccccc2F)cc1OC. The quantitative estimate of drug-likeness (QED) is 0.531. The Labute approximate surface area is 192 Å². The van der Waals surface area contributed by atoms with Crippen LogP contribution in [-0.4, -0.2) is 20.0 Å². The fraction of sp³-hybridized carbons (Fsp3) is 0.222. The minimum Gasteiger partial charge on any atom is -0.493 e. The number of carbonyl (C=O) groups excluding carboxylic acids is 1. The number of anilines is 2. The summed E-state index contributed by atoms with van der Waals surface area (Å²) < 4.78 is 25.7. The lowest BCUT2D eigenvalue weighted by Gasteiger charge is -2.30. The third-order valence-corrected chi connectivity index (χ3v) is 6.40. The van der Waals surface area contributed by atoms with Crippen LogP contribution in [0.15, 0.2) is 78.0 Å². The van der Waals surface area contributed by atoms with E-state index in [9.17, 15) is 9.18 Å². The number of Topliss-reactive ketones (excluding diaryl/α,β-unsaturated/α-hetero) is 1. The van der Waals surface area contributed by atoms with Gasteiger partial charge in [-0.15, -0.1) is 0 Å². The van der Waals surface area contributed by atoms with E-state index in [2.05, 4.69) is 10.6 Å². The maximum atomic E-state index is 14.8. The van der Waals surface area contributed by atoms with Crippen molar-refractivity contribution in [2.75, 3.05) is 24.9 Å². The van der Waals surface area contributed by atoms with Crippen molar-refractivity contribution < 1.29 is 18.7 Å². The number of benzene rings is 3. The van der Waals surface area contributed by atoms with Gasteiger partial charge in [0.2, 0.25) is 0 Å². The van der Waals surface area contributed by atoms with Gasteiger partial charge in [0.05, 0.1) is 31.6 Å². The largest absolute Gasteiger partial charge is 0.493 e. The minimum absolute atomic E-state index is 0.00269. The van der Waals surface area contributed by atoms with Crippen molar-refractivity contribution in [3.8, 4) is 11.5 Å². The van der Waals surface area contributed by atoms with Gasteiger partial charge in [0, 0.05) is 23.3 Å². The molecule has 3 aromatic rings. The van der Waals surface area contributed by atoms with Gasteiger partial charge in [0.1, 0.15) is 5.82 Å². The molecule has 0 saturated carbocycles. The van der Waals surface area contributed by atoms with Gasteiger partial charge in [-0.05, 0) is 48.2 Å². The number of hydrogen-bond donors (Lipinski definition) is 2. The van der Waals surface area contributed by atoms with Crippen LogP contribution < -0.4 is 20.1 Å². The second-order valence-electron chi connectivity index (χ2n) is 8.30. The zero-order valence-electron chi connectivity index (χ0n) is 18.5. The Hall–Kier alpha value is -3.80. The molecule has 0 radical (unpaired) electrons. The number of methoxy groups -OCH3 is 2. The molecule has 33 heavy (non-hydrogen) atoms. The fourth-order valence-corrected chi connectivity index (χ4v) is 4.78. The van der Waals surface area contributed by atoms with Crippen molar-refractivity contribution in [2.45, 2.75) is 24.8 Å². The number of hydrogen-bond acceptors (Lipinski definition) is 5. The Morgan fingerprint density at radius 2 is 1.61 bits per heavy atom. The highest BCUT2D eigenvalue weighted by atomic mass is 19.1. The van der Waals surface area contributed by atoms with Crippen LogP contribution in [0.1, 0.15) is 35.9 Å². The fourth-order valence-electron chi connectivity index (χ4n) is 4.78. The van der Waals surface area contributed by atoms with E-state index in [1.807, 2.05) is 42.5 Å². The molecule has 3 aromatic carbocycles. The van der Waals surface area contributed by atoms with Crippen molar-refractivity contribution in [2.24, 2.45) is 0 Å². The van der Waals surface area contributed by atoms with Crippen LogP contribution in [0.5, 0.6) is 11.5 Å². The van der Waals surface area contributed by atoms with E-state index in [0.717, 1.165) is 22.6 Å². The van der Waals surface area contributed by atoms with E-state index in [4.69, 9.17) is 9.47 Å². The number of halogens is 1. The maximum absolute atomic E-state index is 14.8. The number of carbonyl (C=O) groups is 1. The average molecular weight is 445 g/mol. The van der Waals surface area contributed by atoms with Gasteiger partial charge in [-0.2, -0.15) is 0 Å². The molecular weight excluding hydrogens is 419 g/mol. The lowest BCUT2D eigenvalue weighted by molar-refractivity contribution is -0.116. The van der Waals surface area contributed by atoms with E-state index in [-0.39, 0.29) is 17.5 Å². The predicted molar refractivity (Wildman–Crippen MR) is 126 cm³/mol. The Morgan fingerprint density at radius 1 is 0.879 bits per heavy atom. The average Bonchev–Trinajstić information content (AvgIpc) is 3.00. The Morgan fingerprint density at radius 3 is 2.36 bits per heavy atom. The summed E-state index contributed by atoms with van der Waals surface area (Å²) in [5.74, 6) is 0.907. The minimum atomic E-state index is -0.573. The van der Waals surface area contributed by atoms with Crippen LogP contribution in [0.2, 0.25) is 0 Å². The van der Waals surface area contributed by atoms with E-state index < -0.39 is 6.04 Å². The molecule has 1 aliphatic carbocycles. The summed E-state index contributed by atoms with van der Waals surface area (Å²) in [6, 6.07) is 19.6. The molecule has 0 unspecified atom stereocenters. The third-order valence-electron chi connectivity index (χ3n) is 6.40. The number of fused-ring (bicyclic) bond motifs is 1. The highest BCUT2D eigenvalue weighted by molar-refractivity contribution is 6.01. The van der Waals surface area contributed by atoms with Gasteiger partial charge in [0.25, 0.3) is 0 Å². The molecule has 1 aliphatic heterocycles. The third kappa shape index (κ3) is 3.82. The summed E-state index contributed by atoms with van der Waals surface area (Å²) in [5, 5.41) is 6.90. The number of allylic oxidation sites excluding steroid dienone is 1. The first-order chi connectivity index (χ1) is 16.1. The van der Waals surface area contributed by atoms with Crippen LogP contribution in [0.4, 0.5) is 15.8 Å². The van der Waals surface area contributed by atoms with Crippen molar-refractivity contribution in [3.05, 3.63) is 94.9 Å². The monoisotopic (exact) mass is 444 g/mol. The van der Waals surface area contributed by atoms with Gasteiger partial charge in [-0.3, -0.25) is 4.79 Å². The molecule has 2 aliphatic rings. The summed E-state index contributed by atoms with van der Waals surface area (Å²) in [5.41, 5.74) is 4.56.